The zero-order valence-electron chi connectivity index (χ0n) is 12.0. The Balaban J connectivity index is 0.00000242. The number of rotatable bonds is 5. The van der Waals surface area contributed by atoms with Crippen molar-refractivity contribution in [1.82, 2.24) is 10.0 Å². The maximum Gasteiger partial charge on any atom is 0.240 e. The van der Waals surface area contributed by atoms with Gasteiger partial charge in [-0.05, 0) is 56.5 Å². The van der Waals surface area contributed by atoms with Crippen LogP contribution in [0.1, 0.15) is 24.8 Å². The zero-order valence-corrected chi connectivity index (χ0v) is 13.6. The van der Waals surface area contributed by atoms with Gasteiger partial charge in [-0.1, -0.05) is 0 Å². The summed E-state index contributed by atoms with van der Waals surface area (Å²) in [6.45, 7) is 2.28. The molecule has 0 amide bonds. The number of nitrogens with one attached hydrogen (secondary N) is 2. The lowest BCUT2D eigenvalue weighted by molar-refractivity contribution is 0.358. The predicted molar refractivity (Wildman–Crippen MR) is 83.8 cm³/mol. The second kappa shape index (κ2) is 8.44. The lowest BCUT2D eigenvalue weighted by Crippen LogP contribution is -2.33. The Labute approximate surface area is 136 Å². The van der Waals surface area contributed by atoms with E-state index >= 15 is 0 Å². The zero-order chi connectivity index (χ0) is 15.3. The average molecular weight is 348 g/mol. The fourth-order valence-corrected chi connectivity index (χ4v) is 3.48. The molecule has 1 aromatic carbocycles. The Morgan fingerprint density at radius 1 is 1.45 bits per heavy atom. The highest BCUT2D eigenvalue weighted by atomic mass is 35.5. The van der Waals surface area contributed by atoms with E-state index in [-0.39, 0.29) is 22.9 Å². The minimum Gasteiger partial charge on any atom is -0.316 e. The topological polar surface area (TPSA) is 82.0 Å². The molecule has 1 aromatic rings. The first-order valence-corrected chi connectivity index (χ1v) is 8.41. The van der Waals surface area contributed by atoms with Crippen molar-refractivity contribution in [2.24, 2.45) is 5.92 Å². The van der Waals surface area contributed by atoms with Crippen LogP contribution in [0.15, 0.2) is 23.1 Å². The van der Waals surface area contributed by atoms with Gasteiger partial charge in [0.15, 0.2) is 0 Å². The van der Waals surface area contributed by atoms with E-state index in [1.165, 1.54) is 6.07 Å². The van der Waals surface area contributed by atoms with Gasteiger partial charge < -0.3 is 5.32 Å². The summed E-state index contributed by atoms with van der Waals surface area (Å²) in [7, 11) is -3.70. The first-order chi connectivity index (χ1) is 10.0. The molecule has 0 bridgehead atoms. The number of piperidine rings is 1. The molecule has 1 saturated heterocycles. The molecule has 0 aromatic heterocycles. The van der Waals surface area contributed by atoms with E-state index in [0.29, 0.717) is 12.5 Å². The van der Waals surface area contributed by atoms with Crippen molar-refractivity contribution in [3.8, 4) is 6.07 Å². The molecule has 1 aliphatic heterocycles. The van der Waals surface area contributed by atoms with E-state index in [0.717, 1.165) is 44.5 Å². The van der Waals surface area contributed by atoms with Crippen LogP contribution in [0.2, 0.25) is 0 Å². The molecule has 1 unspecified atom stereocenters. The van der Waals surface area contributed by atoms with E-state index in [2.05, 4.69) is 10.0 Å². The van der Waals surface area contributed by atoms with Gasteiger partial charge in [-0.2, -0.15) is 5.26 Å². The molecule has 0 spiro atoms. The third-order valence-corrected chi connectivity index (χ3v) is 5.07. The first-order valence-electron chi connectivity index (χ1n) is 6.93. The van der Waals surface area contributed by atoms with Crippen LogP contribution in [0.25, 0.3) is 0 Å². The van der Waals surface area contributed by atoms with Gasteiger partial charge in [0.05, 0.1) is 10.5 Å². The molecule has 122 valence electrons. The van der Waals surface area contributed by atoms with Crippen LogP contribution >= 0.6 is 12.4 Å². The maximum absolute atomic E-state index is 13.2. The number of nitrogens with zero attached hydrogens (tertiary/aromatic N) is 1. The standard InChI is InChI=1S/C14H18FN3O2S.ClH/c15-14-4-3-13(8-12(14)9-16)21(19,20)18-7-5-11-2-1-6-17-10-11;/h3-4,8,11,17-18H,1-2,5-7,10H2;1H. The summed E-state index contributed by atoms with van der Waals surface area (Å²) in [4.78, 5) is -0.0813. The number of hydrogen-bond donors (Lipinski definition) is 2. The van der Waals surface area contributed by atoms with E-state index in [1.54, 1.807) is 6.07 Å². The fraction of sp³-hybridized carbons (Fsp3) is 0.500. The minimum atomic E-state index is -3.70. The van der Waals surface area contributed by atoms with Crippen molar-refractivity contribution >= 4 is 22.4 Å². The predicted octanol–water partition coefficient (Wildman–Crippen LogP) is 1.79. The van der Waals surface area contributed by atoms with E-state index in [4.69, 9.17) is 5.26 Å². The normalized spacial score (nSPS) is 18.3. The minimum absolute atomic E-state index is 0. The molecule has 0 radical (unpaired) electrons. The van der Waals surface area contributed by atoms with Crippen LogP contribution in [0.4, 0.5) is 4.39 Å². The largest absolute Gasteiger partial charge is 0.316 e. The summed E-state index contributed by atoms with van der Waals surface area (Å²) in [5, 5.41) is 12.0. The van der Waals surface area contributed by atoms with Crippen LogP contribution in [-0.4, -0.2) is 28.1 Å². The number of sulfonamides is 1. The SMILES string of the molecule is Cl.N#Cc1cc(S(=O)(=O)NCCC2CCCNC2)ccc1F. The molecular formula is C14H19ClFN3O2S. The maximum atomic E-state index is 13.2. The number of benzene rings is 1. The Bertz CT molecular complexity index is 640. The second-order valence-corrected chi connectivity index (χ2v) is 6.92. The number of nitriles is 1. The molecule has 2 rings (SSSR count). The van der Waals surface area contributed by atoms with Gasteiger partial charge >= 0.3 is 0 Å². The molecule has 5 nitrogen and oxygen atoms in total. The number of hydrogen-bond acceptors (Lipinski definition) is 4. The monoisotopic (exact) mass is 347 g/mol. The van der Waals surface area contributed by atoms with E-state index in [9.17, 15) is 12.8 Å². The quantitative estimate of drug-likeness (QED) is 0.850. The van der Waals surface area contributed by atoms with Crippen molar-refractivity contribution < 1.29 is 12.8 Å². The van der Waals surface area contributed by atoms with Gasteiger partial charge in [0.25, 0.3) is 0 Å². The summed E-state index contributed by atoms with van der Waals surface area (Å²) >= 11 is 0. The molecule has 0 saturated carbocycles. The van der Waals surface area contributed by atoms with Gasteiger partial charge in [0.1, 0.15) is 11.9 Å². The summed E-state index contributed by atoms with van der Waals surface area (Å²) in [5.74, 6) is -0.242. The molecule has 1 heterocycles. The lowest BCUT2D eigenvalue weighted by Gasteiger charge is -2.22. The molecule has 2 N–H and O–H groups in total. The van der Waals surface area contributed by atoms with Gasteiger partial charge in [-0.25, -0.2) is 17.5 Å². The van der Waals surface area contributed by atoms with E-state index in [1.807, 2.05) is 0 Å². The van der Waals surface area contributed by atoms with Crippen LogP contribution in [0.3, 0.4) is 0 Å². The second-order valence-electron chi connectivity index (χ2n) is 5.15. The van der Waals surface area contributed by atoms with Crippen LogP contribution in [0, 0.1) is 23.1 Å². The smallest absolute Gasteiger partial charge is 0.240 e. The summed E-state index contributed by atoms with van der Waals surface area (Å²) < 4.78 is 39.9. The Morgan fingerprint density at radius 3 is 2.86 bits per heavy atom. The Morgan fingerprint density at radius 2 is 2.23 bits per heavy atom. The van der Waals surface area contributed by atoms with Gasteiger partial charge in [-0.3, -0.25) is 0 Å². The highest BCUT2D eigenvalue weighted by molar-refractivity contribution is 7.89. The van der Waals surface area contributed by atoms with Crippen molar-refractivity contribution in [3.63, 3.8) is 0 Å². The summed E-state index contributed by atoms with van der Waals surface area (Å²) in [5.41, 5.74) is -0.269. The highest BCUT2D eigenvalue weighted by Gasteiger charge is 2.18. The molecule has 1 atom stereocenters. The Kier molecular flexibility index (Phi) is 7.23. The molecule has 0 aliphatic carbocycles. The first kappa shape index (κ1) is 18.8. The van der Waals surface area contributed by atoms with Gasteiger partial charge in [0, 0.05) is 6.54 Å². The van der Waals surface area contributed by atoms with Crippen molar-refractivity contribution in [1.29, 1.82) is 5.26 Å². The molecular weight excluding hydrogens is 329 g/mol. The third kappa shape index (κ3) is 4.92. The van der Waals surface area contributed by atoms with E-state index < -0.39 is 15.8 Å². The lowest BCUT2D eigenvalue weighted by atomic mass is 9.96. The Hall–Kier alpha value is -1.20. The van der Waals surface area contributed by atoms with Crippen molar-refractivity contribution in [2.45, 2.75) is 24.2 Å². The fourth-order valence-electron chi connectivity index (χ4n) is 2.41. The van der Waals surface area contributed by atoms with Crippen molar-refractivity contribution in [2.75, 3.05) is 19.6 Å². The highest BCUT2D eigenvalue weighted by Crippen LogP contribution is 2.16. The molecule has 1 aliphatic rings. The number of halogens is 2. The van der Waals surface area contributed by atoms with Crippen molar-refractivity contribution in [3.05, 3.63) is 29.6 Å². The summed E-state index contributed by atoms with van der Waals surface area (Å²) in [6, 6.07) is 4.86. The summed E-state index contributed by atoms with van der Waals surface area (Å²) in [6.07, 6.45) is 2.98. The van der Waals surface area contributed by atoms with Crippen LogP contribution in [-0.2, 0) is 10.0 Å². The van der Waals surface area contributed by atoms with Crippen LogP contribution in [0.5, 0.6) is 0 Å². The van der Waals surface area contributed by atoms with Gasteiger partial charge in [-0.15, -0.1) is 12.4 Å². The molecule has 22 heavy (non-hydrogen) atoms. The average Bonchev–Trinajstić information content (AvgIpc) is 2.48. The van der Waals surface area contributed by atoms with Crippen LogP contribution < -0.4 is 10.0 Å². The molecule has 1 fully saturated rings. The third-order valence-electron chi connectivity index (χ3n) is 3.61. The van der Waals surface area contributed by atoms with Gasteiger partial charge in [0.2, 0.25) is 10.0 Å². The molecule has 8 heteroatoms.